The summed E-state index contributed by atoms with van der Waals surface area (Å²) in [7, 11) is 0. The lowest BCUT2D eigenvalue weighted by Crippen LogP contribution is -2.29. The molecule has 0 saturated carbocycles. The fraction of sp³-hybridized carbons (Fsp3) is 0.412. The summed E-state index contributed by atoms with van der Waals surface area (Å²) in [5.74, 6) is -0.757. The number of allylic oxidation sites excluding steroid dienone is 1. The Morgan fingerprint density at radius 3 is 3.00 bits per heavy atom. The van der Waals surface area contributed by atoms with Crippen LogP contribution in [0.2, 0.25) is 0 Å². The summed E-state index contributed by atoms with van der Waals surface area (Å²) < 4.78 is 4.90. The number of hydrogen-bond acceptors (Lipinski definition) is 4. The van der Waals surface area contributed by atoms with E-state index in [0.29, 0.717) is 6.54 Å². The van der Waals surface area contributed by atoms with Gasteiger partial charge < -0.3 is 10.1 Å². The van der Waals surface area contributed by atoms with E-state index < -0.39 is 5.97 Å². The van der Waals surface area contributed by atoms with Crippen molar-refractivity contribution in [2.24, 2.45) is 0 Å². The molecule has 1 aliphatic rings. The first-order chi connectivity index (χ1) is 10.7. The van der Waals surface area contributed by atoms with Crippen molar-refractivity contribution in [1.82, 2.24) is 5.32 Å². The van der Waals surface area contributed by atoms with Crippen LogP contribution >= 0.6 is 11.3 Å². The molecule has 1 aliphatic carbocycles. The molecule has 0 bridgehead atoms. The van der Waals surface area contributed by atoms with Gasteiger partial charge in [-0.05, 0) is 49.6 Å². The molecule has 2 rings (SSSR count). The first-order valence-corrected chi connectivity index (χ1v) is 8.45. The molecule has 0 unspecified atom stereocenters. The molecular weight excluding hydrogens is 298 g/mol. The fourth-order valence-electron chi connectivity index (χ4n) is 2.27. The largest absolute Gasteiger partial charge is 0.452 e. The number of esters is 1. The van der Waals surface area contributed by atoms with Gasteiger partial charge in [0.15, 0.2) is 6.61 Å². The topological polar surface area (TPSA) is 55.4 Å². The normalized spacial score (nSPS) is 14.6. The molecule has 0 saturated heterocycles. The van der Waals surface area contributed by atoms with Crippen molar-refractivity contribution in [1.29, 1.82) is 0 Å². The molecule has 5 heteroatoms. The molecule has 0 fully saturated rings. The summed E-state index contributed by atoms with van der Waals surface area (Å²) >= 11 is 1.53. The van der Waals surface area contributed by atoms with Crippen molar-refractivity contribution in [3.05, 3.63) is 40.1 Å². The molecule has 4 nitrogen and oxygen atoms in total. The maximum atomic E-state index is 11.6. The summed E-state index contributed by atoms with van der Waals surface area (Å²) in [6, 6.07) is 3.81. The maximum absolute atomic E-state index is 11.6. The predicted molar refractivity (Wildman–Crippen MR) is 88.5 cm³/mol. The molecule has 22 heavy (non-hydrogen) atoms. The molecule has 0 radical (unpaired) electrons. The summed E-state index contributed by atoms with van der Waals surface area (Å²) in [6.45, 7) is 0.375. The zero-order chi connectivity index (χ0) is 15.6. The van der Waals surface area contributed by atoms with Crippen LogP contribution in [0, 0.1) is 0 Å². The molecule has 0 aromatic carbocycles. The lowest BCUT2D eigenvalue weighted by molar-refractivity contribution is -0.143. The van der Waals surface area contributed by atoms with E-state index >= 15 is 0 Å². The quantitative estimate of drug-likeness (QED) is 0.476. The van der Waals surface area contributed by atoms with Crippen LogP contribution in [-0.2, 0) is 14.3 Å². The monoisotopic (exact) mass is 319 g/mol. The number of carbonyl (C=O) groups excluding carboxylic acids is 2. The second-order valence-corrected chi connectivity index (χ2v) is 6.14. The lowest BCUT2D eigenvalue weighted by Gasteiger charge is -2.12. The standard InChI is InChI=1S/C17H21NO3S/c19-16(18-11-10-14-5-2-1-3-6-14)13-21-17(20)9-8-15-7-4-12-22-15/h4-5,7-9,12H,1-3,6,10-11,13H2,(H,18,19). The molecule has 0 spiro atoms. The SMILES string of the molecule is O=C(COC(=O)C=Cc1cccs1)NCCC1=CCCCC1. The van der Waals surface area contributed by atoms with Gasteiger partial charge >= 0.3 is 5.97 Å². The molecule has 0 atom stereocenters. The Morgan fingerprint density at radius 1 is 1.36 bits per heavy atom. The highest BCUT2D eigenvalue weighted by molar-refractivity contribution is 7.10. The van der Waals surface area contributed by atoms with E-state index in [1.165, 1.54) is 35.8 Å². The highest BCUT2D eigenvalue weighted by Crippen LogP contribution is 2.19. The van der Waals surface area contributed by atoms with Crippen molar-refractivity contribution >= 4 is 29.3 Å². The van der Waals surface area contributed by atoms with Gasteiger partial charge in [0.05, 0.1) is 0 Å². The van der Waals surface area contributed by atoms with E-state index in [1.807, 2.05) is 17.5 Å². The third-order valence-corrected chi connectivity index (χ3v) is 4.26. The number of amides is 1. The van der Waals surface area contributed by atoms with Crippen molar-refractivity contribution < 1.29 is 14.3 Å². The number of rotatable bonds is 7. The van der Waals surface area contributed by atoms with E-state index in [1.54, 1.807) is 6.08 Å². The zero-order valence-electron chi connectivity index (χ0n) is 12.5. The Balaban J connectivity index is 1.58. The van der Waals surface area contributed by atoms with Gasteiger partial charge in [0.2, 0.25) is 0 Å². The van der Waals surface area contributed by atoms with E-state index in [9.17, 15) is 9.59 Å². The van der Waals surface area contributed by atoms with Gasteiger partial charge in [-0.15, -0.1) is 11.3 Å². The Labute approximate surface area is 134 Å². The lowest BCUT2D eigenvalue weighted by atomic mass is 9.97. The van der Waals surface area contributed by atoms with Crippen LogP contribution < -0.4 is 5.32 Å². The minimum absolute atomic E-state index is 0.230. The Morgan fingerprint density at radius 2 is 2.27 bits per heavy atom. The first-order valence-electron chi connectivity index (χ1n) is 7.57. The zero-order valence-corrected chi connectivity index (χ0v) is 13.4. The van der Waals surface area contributed by atoms with Crippen molar-refractivity contribution in [2.75, 3.05) is 13.2 Å². The number of thiophene rings is 1. The second kappa shape index (κ2) is 9.20. The predicted octanol–water partition coefficient (Wildman–Crippen LogP) is 3.31. The molecule has 1 heterocycles. The van der Waals surface area contributed by atoms with E-state index in [0.717, 1.165) is 24.1 Å². The van der Waals surface area contributed by atoms with Gasteiger partial charge in [-0.1, -0.05) is 17.7 Å². The Kier molecular flexibility index (Phi) is 6.90. The highest BCUT2D eigenvalue weighted by Gasteiger charge is 2.07. The number of carbonyl (C=O) groups is 2. The Hall–Kier alpha value is -1.88. The number of nitrogens with one attached hydrogen (secondary N) is 1. The van der Waals surface area contributed by atoms with Crippen molar-refractivity contribution in [2.45, 2.75) is 32.1 Å². The number of ether oxygens (including phenoxy) is 1. The van der Waals surface area contributed by atoms with Crippen LogP contribution in [0.25, 0.3) is 6.08 Å². The molecule has 118 valence electrons. The molecule has 1 N–H and O–H groups in total. The fourth-order valence-corrected chi connectivity index (χ4v) is 2.88. The van der Waals surface area contributed by atoms with Gasteiger partial charge in [0, 0.05) is 17.5 Å². The van der Waals surface area contributed by atoms with Crippen molar-refractivity contribution in [3.63, 3.8) is 0 Å². The van der Waals surface area contributed by atoms with Crippen LogP contribution in [0.1, 0.15) is 37.0 Å². The van der Waals surface area contributed by atoms with Crippen LogP contribution in [0.4, 0.5) is 0 Å². The second-order valence-electron chi connectivity index (χ2n) is 5.16. The molecule has 1 aromatic rings. The summed E-state index contributed by atoms with van der Waals surface area (Å²) in [5.41, 5.74) is 1.42. The van der Waals surface area contributed by atoms with Gasteiger partial charge in [-0.25, -0.2) is 4.79 Å². The average molecular weight is 319 g/mol. The minimum atomic E-state index is -0.501. The third kappa shape index (κ3) is 6.26. The van der Waals surface area contributed by atoms with Crippen LogP contribution in [0.3, 0.4) is 0 Å². The van der Waals surface area contributed by atoms with Gasteiger partial charge in [0.1, 0.15) is 0 Å². The molecular formula is C17H21NO3S. The van der Waals surface area contributed by atoms with Gasteiger partial charge in [-0.3, -0.25) is 4.79 Å². The van der Waals surface area contributed by atoms with Crippen molar-refractivity contribution in [3.8, 4) is 0 Å². The van der Waals surface area contributed by atoms with Crippen LogP contribution in [-0.4, -0.2) is 25.0 Å². The Bertz CT molecular complexity index is 546. The average Bonchev–Trinajstić information content (AvgIpc) is 3.05. The molecule has 1 amide bonds. The van der Waals surface area contributed by atoms with Crippen LogP contribution in [0.15, 0.2) is 35.2 Å². The molecule has 0 aliphatic heterocycles. The van der Waals surface area contributed by atoms with Gasteiger partial charge in [0.25, 0.3) is 5.91 Å². The smallest absolute Gasteiger partial charge is 0.331 e. The minimum Gasteiger partial charge on any atom is -0.452 e. The highest BCUT2D eigenvalue weighted by atomic mass is 32.1. The van der Waals surface area contributed by atoms with Crippen LogP contribution in [0.5, 0.6) is 0 Å². The summed E-state index contributed by atoms with van der Waals surface area (Å²) in [5, 5.41) is 4.71. The number of hydrogen-bond donors (Lipinski definition) is 1. The maximum Gasteiger partial charge on any atom is 0.331 e. The van der Waals surface area contributed by atoms with Gasteiger partial charge in [-0.2, -0.15) is 0 Å². The summed E-state index contributed by atoms with van der Waals surface area (Å²) in [6.07, 6.45) is 11.0. The van der Waals surface area contributed by atoms with E-state index in [4.69, 9.17) is 4.74 Å². The summed E-state index contributed by atoms with van der Waals surface area (Å²) in [4.78, 5) is 24.0. The third-order valence-electron chi connectivity index (χ3n) is 3.43. The first kappa shape index (κ1) is 16.5. The van der Waals surface area contributed by atoms with E-state index in [-0.39, 0.29) is 12.5 Å². The molecule has 1 aromatic heterocycles. The van der Waals surface area contributed by atoms with E-state index in [2.05, 4.69) is 11.4 Å².